The van der Waals surface area contributed by atoms with Gasteiger partial charge < -0.3 is 20.1 Å². The van der Waals surface area contributed by atoms with E-state index in [1.165, 1.54) is 6.92 Å². The number of hydrogen-bond donors (Lipinski definition) is 2. The summed E-state index contributed by atoms with van der Waals surface area (Å²) in [6.07, 6.45) is 2.01. The SMILES string of the molecule is CCCCOc1ccc(C(=O)NCc2cccc(NC(C)=O)c2)cc1OC. The van der Waals surface area contributed by atoms with E-state index in [0.717, 1.165) is 18.4 Å². The minimum atomic E-state index is -0.210. The fourth-order valence-corrected chi connectivity index (χ4v) is 2.50. The summed E-state index contributed by atoms with van der Waals surface area (Å²) in [4.78, 5) is 23.6. The lowest BCUT2D eigenvalue weighted by Gasteiger charge is -2.12. The zero-order chi connectivity index (χ0) is 19.6. The maximum Gasteiger partial charge on any atom is 0.251 e. The van der Waals surface area contributed by atoms with Crippen LogP contribution in [0.2, 0.25) is 0 Å². The quantitative estimate of drug-likeness (QED) is 0.659. The summed E-state index contributed by atoms with van der Waals surface area (Å²) in [7, 11) is 1.55. The van der Waals surface area contributed by atoms with Crippen LogP contribution in [0.1, 0.15) is 42.6 Å². The van der Waals surface area contributed by atoms with E-state index in [4.69, 9.17) is 9.47 Å². The third-order valence-electron chi connectivity index (χ3n) is 3.88. The van der Waals surface area contributed by atoms with E-state index < -0.39 is 0 Å². The van der Waals surface area contributed by atoms with Gasteiger partial charge in [0.1, 0.15) is 0 Å². The van der Waals surface area contributed by atoms with Crippen LogP contribution in [-0.4, -0.2) is 25.5 Å². The van der Waals surface area contributed by atoms with Gasteiger partial charge in [-0.15, -0.1) is 0 Å². The molecule has 0 radical (unpaired) electrons. The van der Waals surface area contributed by atoms with Gasteiger partial charge in [-0.25, -0.2) is 0 Å². The molecule has 0 saturated carbocycles. The Kier molecular flexibility index (Phi) is 7.67. The zero-order valence-corrected chi connectivity index (χ0v) is 16.0. The van der Waals surface area contributed by atoms with Crippen molar-refractivity contribution in [3.05, 3.63) is 53.6 Å². The van der Waals surface area contributed by atoms with Gasteiger partial charge >= 0.3 is 0 Å². The fourth-order valence-electron chi connectivity index (χ4n) is 2.50. The van der Waals surface area contributed by atoms with Crippen LogP contribution in [0.4, 0.5) is 5.69 Å². The smallest absolute Gasteiger partial charge is 0.251 e. The second kappa shape index (κ2) is 10.2. The number of nitrogens with one attached hydrogen (secondary N) is 2. The van der Waals surface area contributed by atoms with Crippen LogP contribution in [0, 0.1) is 0 Å². The first-order valence-corrected chi connectivity index (χ1v) is 8.99. The van der Waals surface area contributed by atoms with Gasteiger partial charge in [0.05, 0.1) is 13.7 Å². The standard InChI is InChI=1S/C21H26N2O4/c1-4-5-11-27-19-10-9-17(13-20(19)26-3)21(25)22-14-16-7-6-8-18(12-16)23-15(2)24/h6-10,12-13H,4-5,11,14H2,1-3H3,(H,22,25)(H,23,24). The molecule has 0 saturated heterocycles. The predicted octanol–water partition coefficient (Wildman–Crippen LogP) is 3.76. The number of benzene rings is 2. The van der Waals surface area contributed by atoms with Crippen molar-refractivity contribution in [1.29, 1.82) is 0 Å². The summed E-state index contributed by atoms with van der Waals surface area (Å²) in [6, 6.07) is 12.5. The van der Waals surface area contributed by atoms with Gasteiger partial charge in [0.15, 0.2) is 11.5 Å². The Morgan fingerprint density at radius 3 is 2.59 bits per heavy atom. The highest BCUT2D eigenvalue weighted by molar-refractivity contribution is 5.95. The summed E-state index contributed by atoms with van der Waals surface area (Å²) in [6.45, 7) is 4.52. The first kappa shape index (κ1) is 20.3. The Bertz CT molecular complexity index is 790. The summed E-state index contributed by atoms with van der Waals surface area (Å²) >= 11 is 0. The Hall–Kier alpha value is -3.02. The van der Waals surface area contributed by atoms with Gasteiger partial charge in [0.2, 0.25) is 5.91 Å². The zero-order valence-electron chi connectivity index (χ0n) is 16.0. The number of anilines is 1. The molecular formula is C21H26N2O4. The highest BCUT2D eigenvalue weighted by Crippen LogP contribution is 2.28. The number of amides is 2. The minimum Gasteiger partial charge on any atom is -0.493 e. The highest BCUT2D eigenvalue weighted by Gasteiger charge is 2.11. The van der Waals surface area contributed by atoms with Gasteiger partial charge in [-0.05, 0) is 42.3 Å². The van der Waals surface area contributed by atoms with Gasteiger partial charge in [-0.3, -0.25) is 9.59 Å². The largest absolute Gasteiger partial charge is 0.493 e. The van der Waals surface area contributed by atoms with E-state index in [1.807, 2.05) is 18.2 Å². The molecule has 6 heteroatoms. The number of carbonyl (C=O) groups is 2. The first-order valence-electron chi connectivity index (χ1n) is 8.99. The van der Waals surface area contributed by atoms with E-state index in [-0.39, 0.29) is 11.8 Å². The van der Waals surface area contributed by atoms with Crippen molar-refractivity contribution in [3.8, 4) is 11.5 Å². The van der Waals surface area contributed by atoms with Crippen molar-refractivity contribution in [2.24, 2.45) is 0 Å². The lowest BCUT2D eigenvalue weighted by molar-refractivity contribution is -0.114. The van der Waals surface area contributed by atoms with Crippen LogP contribution in [0.3, 0.4) is 0 Å². The van der Waals surface area contributed by atoms with Gasteiger partial charge in [-0.2, -0.15) is 0 Å². The molecule has 144 valence electrons. The topological polar surface area (TPSA) is 76.7 Å². The molecule has 2 N–H and O–H groups in total. The molecule has 0 bridgehead atoms. The summed E-state index contributed by atoms with van der Waals surface area (Å²) < 4.78 is 11.0. The fraction of sp³-hybridized carbons (Fsp3) is 0.333. The Morgan fingerprint density at radius 2 is 1.89 bits per heavy atom. The van der Waals surface area contributed by atoms with Gasteiger partial charge in [-0.1, -0.05) is 25.5 Å². The van der Waals surface area contributed by atoms with Crippen LogP contribution in [0.5, 0.6) is 11.5 Å². The predicted molar refractivity (Wildman–Crippen MR) is 105 cm³/mol. The van der Waals surface area contributed by atoms with Crippen molar-refractivity contribution >= 4 is 17.5 Å². The van der Waals surface area contributed by atoms with Crippen LogP contribution in [0.15, 0.2) is 42.5 Å². The molecule has 0 atom stereocenters. The second-order valence-electron chi connectivity index (χ2n) is 6.13. The molecule has 0 aliphatic carbocycles. The number of carbonyl (C=O) groups excluding carboxylic acids is 2. The normalized spacial score (nSPS) is 10.2. The number of hydrogen-bond acceptors (Lipinski definition) is 4. The van der Waals surface area contributed by atoms with E-state index in [1.54, 1.807) is 31.4 Å². The maximum absolute atomic E-state index is 12.4. The molecule has 0 spiro atoms. The molecule has 0 aliphatic heterocycles. The molecular weight excluding hydrogens is 344 g/mol. The molecule has 0 aromatic heterocycles. The average Bonchev–Trinajstić information content (AvgIpc) is 2.66. The number of methoxy groups -OCH3 is 1. The van der Waals surface area contributed by atoms with E-state index in [2.05, 4.69) is 17.6 Å². The van der Waals surface area contributed by atoms with E-state index in [0.29, 0.717) is 35.9 Å². The van der Waals surface area contributed by atoms with Crippen LogP contribution < -0.4 is 20.1 Å². The molecule has 2 aromatic carbocycles. The first-order chi connectivity index (χ1) is 13.0. The van der Waals surface area contributed by atoms with E-state index in [9.17, 15) is 9.59 Å². The molecule has 0 aliphatic rings. The molecule has 2 rings (SSSR count). The summed E-state index contributed by atoms with van der Waals surface area (Å²) in [5.41, 5.74) is 2.08. The van der Waals surface area contributed by atoms with Crippen LogP contribution in [-0.2, 0) is 11.3 Å². The Labute approximate surface area is 159 Å². The minimum absolute atomic E-state index is 0.135. The Morgan fingerprint density at radius 1 is 1.07 bits per heavy atom. The van der Waals surface area contributed by atoms with Crippen molar-refractivity contribution in [1.82, 2.24) is 5.32 Å². The van der Waals surface area contributed by atoms with Crippen LogP contribution >= 0.6 is 0 Å². The third kappa shape index (κ3) is 6.33. The van der Waals surface area contributed by atoms with Crippen molar-refractivity contribution in [2.75, 3.05) is 19.0 Å². The molecule has 0 fully saturated rings. The Balaban J connectivity index is 2.00. The molecule has 2 amide bonds. The summed E-state index contributed by atoms with van der Waals surface area (Å²) in [5, 5.41) is 5.60. The van der Waals surface area contributed by atoms with Crippen molar-refractivity contribution in [2.45, 2.75) is 33.2 Å². The molecule has 0 heterocycles. The molecule has 6 nitrogen and oxygen atoms in total. The monoisotopic (exact) mass is 370 g/mol. The number of rotatable bonds is 9. The van der Waals surface area contributed by atoms with E-state index >= 15 is 0 Å². The highest BCUT2D eigenvalue weighted by atomic mass is 16.5. The molecule has 0 unspecified atom stereocenters. The van der Waals surface area contributed by atoms with Crippen molar-refractivity contribution < 1.29 is 19.1 Å². The second-order valence-corrected chi connectivity index (χ2v) is 6.13. The maximum atomic E-state index is 12.4. The molecule has 2 aromatic rings. The average molecular weight is 370 g/mol. The van der Waals surface area contributed by atoms with Gasteiger partial charge in [0, 0.05) is 24.7 Å². The third-order valence-corrected chi connectivity index (χ3v) is 3.88. The lowest BCUT2D eigenvalue weighted by Crippen LogP contribution is -2.23. The lowest BCUT2D eigenvalue weighted by atomic mass is 10.1. The van der Waals surface area contributed by atoms with Crippen molar-refractivity contribution in [3.63, 3.8) is 0 Å². The van der Waals surface area contributed by atoms with Gasteiger partial charge in [0.25, 0.3) is 5.91 Å². The number of ether oxygens (including phenoxy) is 2. The summed E-state index contributed by atoms with van der Waals surface area (Å²) in [5.74, 6) is 0.819. The molecule has 27 heavy (non-hydrogen) atoms. The number of unbranched alkanes of at least 4 members (excludes halogenated alkanes) is 1. The van der Waals surface area contributed by atoms with Crippen LogP contribution in [0.25, 0.3) is 0 Å².